The third kappa shape index (κ3) is 7.99. The van der Waals surface area contributed by atoms with Crippen LogP contribution in [0.15, 0.2) is 0 Å². The molecule has 1 aliphatic rings. The number of rotatable bonds is 7. The largest absolute Gasteiger partial charge is 0.355 e. The number of nitrogens with zero attached hydrogens (tertiary/aromatic N) is 1. The minimum absolute atomic E-state index is 0. The normalized spacial score (nSPS) is 18.4. The first-order valence-electron chi connectivity index (χ1n) is 7.71. The molecule has 1 heterocycles. The highest BCUT2D eigenvalue weighted by atomic mass is 35.5. The van der Waals surface area contributed by atoms with Crippen molar-refractivity contribution in [3.05, 3.63) is 0 Å². The molecule has 1 saturated heterocycles. The molecular formula is C14H28ClN3O4S. The Hall–Kier alpha value is -0.860. The lowest BCUT2D eigenvalue weighted by molar-refractivity contribution is -0.133. The van der Waals surface area contributed by atoms with Crippen LogP contribution in [0.1, 0.15) is 26.7 Å². The zero-order chi connectivity index (χ0) is 16.8. The van der Waals surface area contributed by atoms with Gasteiger partial charge in [-0.15, -0.1) is 12.4 Å². The van der Waals surface area contributed by atoms with Crippen molar-refractivity contribution >= 4 is 34.1 Å². The van der Waals surface area contributed by atoms with Crippen LogP contribution in [0, 0.1) is 11.8 Å². The minimum Gasteiger partial charge on any atom is -0.355 e. The van der Waals surface area contributed by atoms with E-state index in [1.165, 1.54) is 4.90 Å². The Bertz CT molecular complexity index is 496. The molecule has 1 fully saturated rings. The van der Waals surface area contributed by atoms with E-state index in [1.807, 2.05) is 0 Å². The summed E-state index contributed by atoms with van der Waals surface area (Å²) >= 11 is 0. The van der Waals surface area contributed by atoms with Crippen molar-refractivity contribution in [2.75, 3.05) is 37.7 Å². The second-order valence-corrected chi connectivity index (χ2v) is 8.32. The van der Waals surface area contributed by atoms with E-state index in [0.29, 0.717) is 32.5 Å². The number of hydrogen-bond donors (Lipinski definition) is 2. The number of amides is 2. The van der Waals surface area contributed by atoms with Gasteiger partial charge in [-0.05, 0) is 18.8 Å². The maximum absolute atomic E-state index is 12.2. The van der Waals surface area contributed by atoms with Gasteiger partial charge >= 0.3 is 0 Å². The van der Waals surface area contributed by atoms with E-state index in [2.05, 4.69) is 5.32 Å². The van der Waals surface area contributed by atoms with E-state index in [1.54, 1.807) is 13.8 Å². The SMILES string of the molecule is CC(C)CS(=O)(=O)CC(=O)N1CCCC(C(=O)NCCN)C1.Cl. The first-order valence-corrected chi connectivity index (χ1v) is 9.53. The quantitative estimate of drug-likeness (QED) is 0.645. The van der Waals surface area contributed by atoms with Crippen molar-refractivity contribution < 1.29 is 18.0 Å². The molecule has 0 spiro atoms. The molecule has 0 aliphatic carbocycles. The lowest BCUT2D eigenvalue weighted by Crippen LogP contribution is -2.47. The Morgan fingerprint density at radius 3 is 2.57 bits per heavy atom. The van der Waals surface area contributed by atoms with Crippen molar-refractivity contribution in [3.8, 4) is 0 Å². The number of piperidine rings is 1. The van der Waals surface area contributed by atoms with E-state index >= 15 is 0 Å². The molecule has 0 aromatic heterocycles. The molecule has 0 saturated carbocycles. The smallest absolute Gasteiger partial charge is 0.237 e. The van der Waals surface area contributed by atoms with Crippen LogP contribution < -0.4 is 11.1 Å². The molecule has 136 valence electrons. The molecule has 0 aromatic rings. The van der Waals surface area contributed by atoms with Crippen LogP contribution in [-0.2, 0) is 19.4 Å². The van der Waals surface area contributed by atoms with Gasteiger partial charge in [0.15, 0.2) is 9.84 Å². The second kappa shape index (κ2) is 10.1. The van der Waals surface area contributed by atoms with Gasteiger partial charge in [0.2, 0.25) is 11.8 Å². The first kappa shape index (κ1) is 22.1. The van der Waals surface area contributed by atoms with E-state index in [0.717, 1.165) is 0 Å². The summed E-state index contributed by atoms with van der Waals surface area (Å²) in [6.45, 7) is 5.19. The monoisotopic (exact) mass is 369 g/mol. The van der Waals surface area contributed by atoms with Gasteiger partial charge < -0.3 is 16.0 Å². The van der Waals surface area contributed by atoms with E-state index in [9.17, 15) is 18.0 Å². The van der Waals surface area contributed by atoms with Crippen LogP contribution in [0.5, 0.6) is 0 Å². The molecule has 1 rings (SSSR count). The number of halogens is 1. The average Bonchev–Trinajstić information content (AvgIpc) is 2.42. The third-order valence-corrected chi connectivity index (χ3v) is 5.38. The fourth-order valence-electron chi connectivity index (χ4n) is 2.60. The van der Waals surface area contributed by atoms with Crippen molar-refractivity contribution in [2.45, 2.75) is 26.7 Å². The highest BCUT2D eigenvalue weighted by Gasteiger charge is 2.30. The van der Waals surface area contributed by atoms with E-state index in [4.69, 9.17) is 5.73 Å². The number of carbonyl (C=O) groups is 2. The zero-order valence-electron chi connectivity index (χ0n) is 13.8. The van der Waals surface area contributed by atoms with Crippen molar-refractivity contribution in [3.63, 3.8) is 0 Å². The van der Waals surface area contributed by atoms with Gasteiger partial charge in [-0.3, -0.25) is 9.59 Å². The zero-order valence-corrected chi connectivity index (χ0v) is 15.4. The van der Waals surface area contributed by atoms with Gasteiger partial charge in [-0.2, -0.15) is 0 Å². The Labute approximate surface area is 144 Å². The maximum atomic E-state index is 12.2. The number of nitrogens with two attached hydrogens (primary N) is 1. The molecule has 7 nitrogen and oxygen atoms in total. The van der Waals surface area contributed by atoms with Crippen LogP contribution in [0.3, 0.4) is 0 Å². The number of sulfone groups is 1. The summed E-state index contributed by atoms with van der Waals surface area (Å²) in [5.41, 5.74) is 5.34. The Balaban J connectivity index is 0.00000484. The van der Waals surface area contributed by atoms with E-state index < -0.39 is 21.5 Å². The molecule has 0 aromatic carbocycles. The fourth-order valence-corrected chi connectivity index (χ4v) is 4.30. The van der Waals surface area contributed by atoms with Crippen molar-refractivity contribution in [2.24, 2.45) is 17.6 Å². The molecule has 0 radical (unpaired) electrons. The summed E-state index contributed by atoms with van der Waals surface area (Å²) < 4.78 is 23.8. The van der Waals surface area contributed by atoms with E-state index in [-0.39, 0.29) is 42.4 Å². The molecule has 1 unspecified atom stereocenters. The third-order valence-electron chi connectivity index (χ3n) is 3.52. The minimum atomic E-state index is -3.39. The topological polar surface area (TPSA) is 110 Å². The number of likely N-dealkylation sites (tertiary alicyclic amines) is 1. The standard InChI is InChI=1S/C14H27N3O4S.ClH/c1-11(2)9-22(20,21)10-13(18)17-7-3-4-12(8-17)14(19)16-6-5-15;/h11-12H,3-10,15H2,1-2H3,(H,16,19);1H. The summed E-state index contributed by atoms with van der Waals surface area (Å²) in [4.78, 5) is 25.6. The van der Waals surface area contributed by atoms with Crippen LogP contribution in [0.2, 0.25) is 0 Å². The maximum Gasteiger partial charge on any atom is 0.237 e. The van der Waals surface area contributed by atoms with Crippen molar-refractivity contribution in [1.29, 1.82) is 0 Å². The van der Waals surface area contributed by atoms with Crippen molar-refractivity contribution in [1.82, 2.24) is 10.2 Å². The molecule has 9 heteroatoms. The number of carbonyl (C=O) groups excluding carboxylic acids is 2. The molecule has 23 heavy (non-hydrogen) atoms. The Morgan fingerprint density at radius 1 is 1.35 bits per heavy atom. The molecule has 3 N–H and O–H groups in total. The fraction of sp³-hybridized carbons (Fsp3) is 0.857. The summed E-state index contributed by atoms with van der Waals surface area (Å²) in [5.74, 6) is -1.27. The Morgan fingerprint density at radius 2 is 2.00 bits per heavy atom. The lowest BCUT2D eigenvalue weighted by Gasteiger charge is -2.32. The van der Waals surface area contributed by atoms with Gasteiger partial charge in [-0.1, -0.05) is 13.8 Å². The van der Waals surface area contributed by atoms with Gasteiger partial charge in [0, 0.05) is 26.2 Å². The summed E-state index contributed by atoms with van der Waals surface area (Å²) in [6.07, 6.45) is 1.41. The first-order chi connectivity index (χ1) is 10.2. The van der Waals surface area contributed by atoms with Gasteiger partial charge in [-0.25, -0.2) is 8.42 Å². The highest BCUT2D eigenvalue weighted by molar-refractivity contribution is 7.92. The lowest BCUT2D eigenvalue weighted by atomic mass is 9.97. The molecular weight excluding hydrogens is 342 g/mol. The van der Waals surface area contributed by atoms with Gasteiger partial charge in [0.1, 0.15) is 5.75 Å². The predicted octanol–water partition coefficient (Wildman–Crippen LogP) is -0.207. The summed E-state index contributed by atoms with van der Waals surface area (Å²) in [5, 5.41) is 2.72. The highest BCUT2D eigenvalue weighted by Crippen LogP contribution is 2.17. The number of hydrogen-bond acceptors (Lipinski definition) is 5. The Kier molecular flexibility index (Phi) is 9.72. The molecule has 1 atom stereocenters. The van der Waals surface area contributed by atoms with Gasteiger partial charge in [0.25, 0.3) is 0 Å². The summed E-state index contributed by atoms with van der Waals surface area (Å²) in [7, 11) is -3.39. The van der Waals surface area contributed by atoms with Crippen LogP contribution in [-0.4, -0.2) is 62.8 Å². The van der Waals surface area contributed by atoms with Crippen LogP contribution >= 0.6 is 12.4 Å². The molecule has 1 aliphatic heterocycles. The second-order valence-electron chi connectivity index (χ2n) is 6.21. The predicted molar refractivity (Wildman–Crippen MR) is 92.1 cm³/mol. The van der Waals surface area contributed by atoms with Crippen LogP contribution in [0.25, 0.3) is 0 Å². The molecule has 2 amide bonds. The molecule has 0 bridgehead atoms. The number of nitrogens with one attached hydrogen (secondary N) is 1. The van der Waals surface area contributed by atoms with Crippen LogP contribution in [0.4, 0.5) is 0 Å². The average molecular weight is 370 g/mol. The van der Waals surface area contributed by atoms with Gasteiger partial charge in [0.05, 0.1) is 11.7 Å². The summed E-state index contributed by atoms with van der Waals surface area (Å²) in [6, 6.07) is 0.